The second-order valence-electron chi connectivity index (χ2n) is 4.00. The van der Waals surface area contributed by atoms with E-state index in [1.165, 1.54) is 24.6 Å². The van der Waals surface area contributed by atoms with E-state index in [4.69, 9.17) is 0 Å². The average molecular weight is 308 g/mol. The summed E-state index contributed by atoms with van der Waals surface area (Å²) in [5, 5.41) is 15.8. The van der Waals surface area contributed by atoms with E-state index in [1.54, 1.807) is 5.51 Å². The predicted molar refractivity (Wildman–Crippen MR) is 76.5 cm³/mol. The first-order chi connectivity index (χ1) is 10.1. The largest absolute Gasteiger partial charge is 0.465 e. The minimum Gasteiger partial charge on any atom is -0.465 e. The van der Waals surface area contributed by atoms with Gasteiger partial charge in [-0.3, -0.25) is 10.1 Å². The maximum Gasteiger partial charge on any atom is 0.339 e. The van der Waals surface area contributed by atoms with Gasteiger partial charge in [0.1, 0.15) is 0 Å². The summed E-state index contributed by atoms with van der Waals surface area (Å²) < 4.78 is 4.51. The quantitative estimate of drug-likeness (QED) is 0.493. The minimum absolute atomic E-state index is 0.0363. The van der Waals surface area contributed by atoms with Crippen LogP contribution in [0.4, 0.5) is 11.5 Å². The molecule has 0 fully saturated rings. The second-order valence-corrected chi connectivity index (χ2v) is 4.72. The highest BCUT2D eigenvalue weighted by Gasteiger charge is 2.19. The van der Waals surface area contributed by atoms with Crippen LogP contribution in [0.25, 0.3) is 0 Å². The number of ether oxygens (including phenoxy) is 1. The molecule has 110 valence electrons. The number of rotatable bonds is 6. The lowest BCUT2D eigenvalue weighted by Crippen LogP contribution is -2.10. The SMILES string of the molecule is COC(=O)c1cnc(NCCc2cscn2)c([N+](=O)[O-])c1. The molecule has 0 aromatic carbocycles. The number of aromatic nitrogens is 2. The lowest BCUT2D eigenvalue weighted by molar-refractivity contribution is -0.384. The van der Waals surface area contributed by atoms with Crippen molar-refractivity contribution < 1.29 is 14.5 Å². The van der Waals surface area contributed by atoms with E-state index < -0.39 is 10.9 Å². The Morgan fingerprint density at radius 3 is 2.95 bits per heavy atom. The normalized spacial score (nSPS) is 10.1. The number of nitro groups is 1. The van der Waals surface area contributed by atoms with Gasteiger partial charge in [-0.1, -0.05) is 0 Å². The minimum atomic E-state index is -0.667. The molecule has 0 aliphatic heterocycles. The molecule has 0 bridgehead atoms. The summed E-state index contributed by atoms with van der Waals surface area (Å²) in [6, 6.07) is 1.14. The Bertz CT molecular complexity index is 645. The molecule has 0 unspecified atom stereocenters. The third-order valence-corrected chi connectivity index (χ3v) is 3.28. The molecule has 0 spiro atoms. The molecule has 0 saturated heterocycles. The van der Waals surface area contributed by atoms with Gasteiger partial charge < -0.3 is 10.1 Å². The van der Waals surface area contributed by atoms with Gasteiger partial charge in [-0.25, -0.2) is 14.8 Å². The molecule has 2 rings (SSSR count). The van der Waals surface area contributed by atoms with E-state index in [9.17, 15) is 14.9 Å². The second kappa shape index (κ2) is 6.75. The Morgan fingerprint density at radius 2 is 2.33 bits per heavy atom. The summed E-state index contributed by atoms with van der Waals surface area (Å²) in [6.07, 6.45) is 1.87. The lowest BCUT2D eigenvalue weighted by atomic mass is 10.2. The first-order valence-electron chi connectivity index (χ1n) is 5.95. The molecule has 0 saturated carbocycles. The molecule has 2 aromatic heterocycles. The van der Waals surface area contributed by atoms with Crippen molar-refractivity contribution in [2.45, 2.75) is 6.42 Å². The van der Waals surface area contributed by atoms with Crippen LogP contribution in [0.3, 0.4) is 0 Å². The van der Waals surface area contributed by atoms with Crippen LogP contribution in [0, 0.1) is 10.1 Å². The van der Waals surface area contributed by atoms with Crippen LogP contribution >= 0.6 is 11.3 Å². The Labute approximate surface area is 124 Å². The molecule has 1 N–H and O–H groups in total. The molecule has 2 heterocycles. The highest BCUT2D eigenvalue weighted by Crippen LogP contribution is 2.23. The van der Waals surface area contributed by atoms with Gasteiger partial charge in [0, 0.05) is 30.6 Å². The summed E-state index contributed by atoms with van der Waals surface area (Å²) >= 11 is 1.49. The van der Waals surface area contributed by atoms with Crippen molar-refractivity contribution in [3.05, 3.63) is 44.5 Å². The molecule has 8 nitrogen and oxygen atoms in total. The number of anilines is 1. The number of thiazole rings is 1. The van der Waals surface area contributed by atoms with Crippen molar-refractivity contribution in [2.75, 3.05) is 19.0 Å². The summed E-state index contributed by atoms with van der Waals surface area (Å²) in [6.45, 7) is 0.454. The van der Waals surface area contributed by atoms with E-state index in [0.29, 0.717) is 13.0 Å². The Balaban J connectivity index is 2.11. The van der Waals surface area contributed by atoms with E-state index in [0.717, 1.165) is 11.8 Å². The Kier molecular flexibility index (Phi) is 4.77. The maximum absolute atomic E-state index is 11.4. The first kappa shape index (κ1) is 14.9. The van der Waals surface area contributed by atoms with Crippen LogP contribution in [0.1, 0.15) is 16.1 Å². The number of pyridine rings is 1. The van der Waals surface area contributed by atoms with Gasteiger partial charge >= 0.3 is 11.7 Å². The number of methoxy groups -OCH3 is 1. The van der Waals surface area contributed by atoms with Crippen molar-refractivity contribution in [3.8, 4) is 0 Å². The zero-order valence-corrected chi connectivity index (χ0v) is 11.9. The van der Waals surface area contributed by atoms with E-state index in [-0.39, 0.29) is 17.1 Å². The van der Waals surface area contributed by atoms with Crippen LogP contribution in [0.5, 0.6) is 0 Å². The summed E-state index contributed by atoms with van der Waals surface area (Å²) in [5.74, 6) is -0.553. The summed E-state index contributed by atoms with van der Waals surface area (Å²) in [4.78, 5) is 29.8. The van der Waals surface area contributed by atoms with Crippen molar-refractivity contribution >= 4 is 28.8 Å². The van der Waals surface area contributed by atoms with Crippen LogP contribution in [-0.2, 0) is 11.2 Å². The van der Waals surface area contributed by atoms with E-state index >= 15 is 0 Å². The highest BCUT2D eigenvalue weighted by molar-refractivity contribution is 7.07. The van der Waals surface area contributed by atoms with Gasteiger partial charge in [0.15, 0.2) is 0 Å². The third kappa shape index (κ3) is 3.72. The number of hydrogen-bond acceptors (Lipinski definition) is 8. The van der Waals surface area contributed by atoms with Crippen LogP contribution < -0.4 is 5.32 Å². The number of carbonyl (C=O) groups is 1. The maximum atomic E-state index is 11.4. The molecule has 2 aromatic rings. The Morgan fingerprint density at radius 1 is 1.52 bits per heavy atom. The van der Waals surface area contributed by atoms with E-state index in [1.807, 2.05) is 5.38 Å². The van der Waals surface area contributed by atoms with Crippen LogP contribution in [0.15, 0.2) is 23.2 Å². The zero-order chi connectivity index (χ0) is 15.2. The molecule has 0 atom stereocenters. The number of hydrogen-bond donors (Lipinski definition) is 1. The molecule has 9 heteroatoms. The summed E-state index contributed by atoms with van der Waals surface area (Å²) in [5.41, 5.74) is 2.40. The van der Waals surface area contributed by atoms with E-state index in [2.05, 4.69) is 20.0 Å². The van der Waals surface area contributed by atoms with Crippen molar-refractivity contribution in [1.82, 2.24) is 9.97 Å². The smallest absolute Gasteiger partial charge is 0.339 e. The van der Waals surface area contributed by atoms with Gasteiger partial charge in [-0.2, -0.15) is 0 Å². The van der Waals surface area contributed by atoms with Crippen molar-refractivity contribution in [3.63, 3.8) is 0 Å². The molecule has 0 aliphatic rings. The fourth-order valence-corrected chi connectivity index (χ4v) is 2.22. The molecule has 0 aliphatic carbocycles. The molecule has 0 radical (unpaired) electrons. The van der Waals surface area contributed by atoms with Gasteiger partial charge in [0.2, 0.25) is 5.82 Å². The fraction of sp³-hybridized carbons (Fsp3) is 0.250. The number of nitrogens with zero attached hydrogens (tertiary/aromatic N) is 3. The first-order valence-corrected chi connectivity index (χ1v) is 6.89. The number of esters is 1. The topological polar surface area (TPSA) is 107 Å². The molecular formula is C12H12N4O4S. The molecule has 0 amide bonds. The van der Waals surface area contributed by atoms with Gasteiger partial charge in [0.05, 0.1) is 28.8 Å². The predicted octanol–water partition coefficient (Wildman–Crippen LogP) is 1.89. The Hall–Kier alpha value is -2.55. The number of carbonyl (C=O) groups excluding carboxylic acids is 1. The molecular weight excluding hydrogens is 296 g/mol. The lowest BCUT2D eigenvalue weighted by Gasteiger charge is -2.06. The highest BCUT2D eigenvalue weighted by atomic mass is 32.1. The standard InChI is InChI=1S/C12H12N4O4S/c1-20-12(17)8-4-10(16(18)19)11(14-5-8)13-3-2-9-6-21-7-15-9/h4-7H,2-3H2,1H3,(H,13,14). The number of nitrogens with one attached hydrogen (secondary N) is 1. The van der Waals surface area contributed by atoms with Gasteiger partial charge in [-0.05, 0) is 0 Å². The van der Waals surface area contributed by atoms with Crippen molar-refractivity contribution in [2.24, 2.45) is 0 Å². The van der Waals surface area contributed by atoms with Crippen LogP contribution in [0.2, 0.25) is 0 Å². The summed E-state index contributed by atoms with van der Waals surface area (Å²) in [7, 11) is 1.20. The fourth-order valence-electron chi connectivity index (χ4n) is 1.63. The average Bonchev–Trinajstić information content (AvgIpc) is 2.99. The molecule has 21 heavy (non-hydrogen) atoms. The van der Waals surface area contributed by atoms with Gasteiger partial charge in [-0.15, -0.1) is 11.3 Å². The van der Waals surface area contributed by atoms with Gasteiger partial charge in [0.25, 0.3) is 0 Å². The third-order valence-electron chi connectivity index (χ3n) is 2.64. The zero-order valence-electron chi connectivity index (χ0n) is 11.1. The van der Waals surface area contributed by atoms with Crippen LogP contribution in [-0.4, -0.2) is 34.5 Å². The van der Waals surface area contributed by atoms with Crippen molar-refractivity contribution in [1.29, 1.82) is 0 Å². The monoisotopic (exact) mass is 308 g/mol.